The van der Waals surface area contributed by atoms with Crippen molar-refractivity contribution in [3.63, 3.8) is 0 Å². The summed E-state index contributed by atoms with van der Waals surface area (Å²) in [5, 5.41) is 2.76. The first-order valence-corrected chi connectivity index (χ1v) is 5.29. The number of nitrogens with zero attached hydrogens (tertiary/aromatic N) is 1. The summed E-state index contributed by atoms with van der Waals surface area (Å²) in [5.74, 6) is -0.123. The molecule has 1 aliphatic heterocycles. The van der Waals surface area contributed by atoms with Gasteiger partial charge in [0.05, 0.1) is 6.04 Å². The van der Waals surface area contributed by atoms with Crippen molar-refractivity contribution in [2.45, 2.75) is 32.9 Å². The Morgan fingerprint density at radius 1 is 1.53 bits per heavy atom. The molecule has 2 atom stereocenters. The second-order valence-corrected chi connectivity index (χ2v) is 4.30. The fraction of sp³-hybridized carbons (Fsp3) is 0.800. The fourth-order valence-corrected chi connectivity index (χ4v) is 1.86. The molecular weight excluding hydrogens is 194 g/mol. The molecule has 1 unspecified atom stereocenters. The van der Waals surface area contributed by atoms with Gasteiger partial charge in [-0.05, 0) is 12.8 Å². The highest BCUT2D eigenvalue weighted by Crippen LogP contribution is 2.14. The molecule has 1 rings (SSSR count). The first-order chi connectivity index (χ1) is 6.95. The lowest BCUT2D eigenvalue weighted by molar-refractivity contribution is -0.145. The molecule has 0 aliphatic carbocycles. The Balaban J connectivity index is 2.84. The largest absolute Gasteiger partial charge is 0.353 e. The number of amides is 2. The van der Waals surface area contributed by atoms with Gasteiger partial charge in [0.15, 0.2) is 0 Å². The van der Waals surface area contributed by atoms with E-state index in [-0.39, 0.29) is 23.8 Å². The molecule has 1 aliphatic rings. The van der Waals surface area contributed by atoms with Crippen molar-refractivity contribution in [1.29, 1.82) is 0 Å². The van der Waals surface area contributed by atoms with E-state index < -0.39 is 6.04 Å². The van der Waals surface area contributed by atoms with Crippen LogP contribution in [0.15, 0.2) is 0 Å². The van der Waals surface area contributed by atoms with Crippen molar-refractivity contribution in [3.05, 3.63) is 0 Å². The van der Waals surface area contributed by atoms with E-state index in [9.17, 15) is 9.59 Å². The molecular formula is C10H19N3O2. The summed E-state index contributed by atoms with van der Waals surface area (Å²) in [6.07, 6.45) is 0. The van der Waals surface area contributed by atoms with Crippen LogP contribution >= 0.6 is 0 Å². The first kappa shape index (κ1) is 12.0. The van der Waals surface area contributed by atoms with E-state index in [1.807, 2.05) is 13.8 Å². The molecule has 0 aromatic rings. The van der Waals surface area contributed by atoms with Crippen LogP contribution in [-0.2, 0) is 9.59 Å². The van der Waals surface area contributed by atoms with E-state index >= 15 is 0 Å². The van der Waals surface area contributed by atoms with Crippen molar-refractivity contribution in [3.8, 4) is 0 Å². The summed E-state index contributed by atoms with van der Waals surface area (Å²) in [5.41, 5.74) is 5.55. The monoisotopic (exact) mass is 213 g/mol. The van der Waals surface area contributed by atoms with E-state index in [2.05, 4.69) is 5.32 Å². The second-order valence-electron chi connectivity index (χ2n) is 4.30. The summed E-state index contributed by atoms with van der Waals surface area (Å²) in [7, 11) is 0. The summed E-state index contributed by atoms with van der Waals surface area (Å²) < 4.78 is 0. The van der Waals surface area contributed by atoms with Crippen LogP contribution in [0.3, 0.4) is 0 Å². The van der Waals surface area contributed by atoms with Crippen molar-refractivity contribution in [2.75, 3.05) is 13.1 Å². The van der Waals surface area contributed by atoms with Gasteiger partial charge in [-0.3, -0.25) is 9.59 Å². The molecule has 5 heteroatoms. The summed E-state index contributed by atoms with van der Waals surface area (Å²) in [4.78, 5) is 25.0. The number of nitrogens with two attached hydrogens (primary N) is 1. The molecule has 0 aromatic heterocycles. The molecule has 15 heavy (non-hydrogen) atoms. The SMILES string of the molecule is CC(C)C1C(=O)NCCN1C(=O)[C@H](C)N. The van der Waals surface area contributed by atoms with Crippen LogP contribution < -0.4 is 11.1 Å². The molecule has 0 radical (unpaired) electrons. The molecule has 1 heterocycles. The van der Waals surface area contributed by atoms with Gasteiger partial charge in [0.25, 0.3) is 0 Å². The quantitative estimate of drug-likeness (QED) is 0.638. The molecule has 2 amide bonds. The predicted molar refractivity (Wildman–Crippen MR) is 57.0 cm³/mol. The molecule has 1 fully saturated rings. The van der Waals surface area contributed by atoms with Crippen LogP contribution in [0.4, 0.5) is 0 Å². The molecule has 86 valence electrons. The Kier molecular flexibility index (Phi) is 3.68. The lowest BCUT2D eigenvalue weighted by atomic mass is 9.99. The van der Waals surface area contributed by atoms with Gasteiger partial charge in [0, 0.05) is 13.1 Å². The van der Waals surface area contributed by atoms with Crippen LogP contribution in [0.25, 0.3) is 0 Å². The molecule has 0 spiro atoms. The van der Waals surface area contributed by atoms with Crippen LogP contribution in [0.1, 0.15) is 20.8 Å². The van der Waals surface area contributed by atoms with Crippen LogP contribution in [-0.4, -0.2) is 41.9 Å². The topological polar surface area (TPSA) is 75.4 Å². The van der Waals surface area contributed by atoms with Crippen molar-refractivity contribution in [1.82, 2.24) is 10.2 Å². The van der Waals surface area contributed by atoms with Crippen LogP contribution in [0.2, 0.25) is 0 Å². The summed E-state index contributed by atoms with van der Waals surface area (Å²) in [6, 6.07) is -0.922. The Hall–Kier alpha value is -1.10. The van der Waals surface area contributed by atoms with E-state index in [0.717, 1.165) is 0 Å². The van der Waals surface area contributed by atoms with Gasteiger partial charge in [-0.15, -0.1) is 0 Å². The van der Waals surface area contributed by atoms with E-state index in [1.165, 1.54) is 0 Å². The molecule has 5 nitrogen and oxygen atoms in total. The molecule has 1 saturated heterocycles. The summed E-state index contributed by atoms with van der Waals surface area (Å²) in [6.45, 7) is 6.57. The highest BCUT2D eigenvalue weighted by Gasteiger charge is 2.35. The number of rotatable bonds is 2. The maximum Gasteiger partial charge on any atom is 0.243 e. The maximum absolute atomic E-state index is 11.8. The highest BCUT2D eigenvalue weighted by molar-refractivity contribution is 5.90. The normalized spacial score (nSPS) is 23.9. The predicted octanol–water partition coefficient (Wildman–Crippen LogP) is -0.683. The smallest absolute Gasteiger partial charge is 0.243 e. The number of hydrogen-bond acceptors (Lipinski definition) is 3. The Bertz CT molecular complexity index is 263. The third-order valence-corrected chi connectivity index (χ3v) is 2.56. The average molecular weight is 213 g/mol. The van der Waals surface area contributed by atoms with Gasteiger partial charge in [0.2, 0.25) is 11.8 Å². The van der Waals surface area contributed by atoms with E-state index in [0.29, 0.717) is 13.1 Å². The number of hydrogen-bond donors (Lipinski definition) is 2. The zero-order valence-electron chi connectivity index (χ0n) is 9.49. The van der Waals surface area contributed by atoms with Crippen molar-refractivity contribution in [2.24, 2.45) is 11.7 Å². The minimum atomic E-state index is -0.544. The maximum atomic E-state index is 11.8. The molecule has 0 bridgehead atoms. The Labute approximate surface area is 90.0 Å². The van der Waals surface area contributed by atoms with Crippen molar-refractivity contribution < 1.29 is 9.59 Å². The molecule has 0 saturated carbocycles. The lowest BCUT2D eigenvalue weighted by Gasteiger charge is -2.38. The zero-order valence-corrected chi connectivity index (χ0v) is 9.49. The Morgan fingerprint density at radius 3 is 2.60 bits per heavy atom. The minimum Gasteiger partial charge on any atom is -0.353 e. The molecule has 0 aromatic carbocycles. The van der Waals surface area contributed by atoms with Crippen LogP contribution in [0.5, 0.6) is 0 Å². The first-order valence-electron chi connectivity index (χ1n) is 5.29. The van der Waals surface area contributed by atoms with Gasteiger partial charge < -0.3 is 16.0 Å². The third kappa shape index (κ3) is 2.47. The van der Waals surface area contributed by atoms with Crippen LogP contribution in [0, 0.1) is 5.92 Å². The van der Waals surface area contributed by atoms with E-state index in [1.54, 1.807) is 11.8 Å². The molecule has 3 N–H and O–H groups in total. The average Bonchev–Trinajstić information content (AvgIpc) is 2.15. The standard InChI is InChI=1S/C10H19N3O2/c1-6(2)8-9(14)12-4-5-13(8)10(15)7(3)11/h6-8H,4-5,11H2,1-3H3,(H,12,14)/t7-,8?/m0/s1. The lowest BCUT2D eigenvalue weighted by Crippen LogP contribution is -2.61. The fourth-order valence-electron chi connectivity index (χ4n) is 1.86. The van der Waals surface area contributed by atoms with Crippen molar-refractivity contribution >= 4 is 11.8 Å². The Morgan fingerprint density at radius 2 is 2.13 bits per heavy atom. The van der Waals surface area contributed by atoms with Gasteiger partial charge in [0.1, 0.15) is 6.04 Å². The number of carbonyl (C=O) groups excluding carboxylic acids is 2. The third-order valence-electron chi connectivity index (χ3n) is 2.56. The summed E-state index contributed by atoms with van der Waals surface area (Å²) >= 11 is 0. The van der Waals surface area contributed by atoms with E-state index in [4.69, 9.17) is 5.73 Å². The highest BCUT2D eigenvalue weighted by atomic mass is 16.2. The minimum absolute atomic E-state index is 0.0785. The second kappa shape index (κ2) is 4.61. The van der Waals surface area contributed by atoms with Gasteiger partial charge >= 0.3 is 0 Å². The number of piperazine rings is 1. The number of carbonyl (C=O) groups is 2. The zero-order chi connectivity index (χ0) is 11.6. The van der Waals surface area contributed by atoms with Gasteiger partial charge in [-0.2, -0.15) is 0 Å². The number of nitrogens with one attached hydrogen (secondary N) is 1. The van der Waals surface area contributed by atoms with Gasteiger partial charge in [-0.25, -0.2) is 0 Å². The van der Waals surface area contributed by atoms with Gasteiger partial charge in [-0.1, -0.05) is 13.8 Å².